The number of aliphatic hydroxyl groups excluding tert-OH is 1. The van der Waals surface area contributed by atoms with Crippen LogP contribution in [0.5, 0.6) is 11.5 Å². The first-order chi connectivity index (χ1) is 16.5. The highest BCUT2D eigenvalue weighted by Crippen LogP contribution is 2.41. The highest BCUT2D eigenvalue weighted by atomic mass is 127. The zero-order valence-electron chi connectivity index (χ0n) is 18.5. The molecule has 34 heavy (non-hydrogen) atoms. The molecule has 0 radical (unpaired) electrons. The van der Waals surface area contributed by atoms with Crippen LogP contribution in [0, 0.1) is 3.57 Å². The summed E-state index contributed by atoms with van der Waals surface area (Å²) in [5, 5.41) is 11.3. The number of carbonyl (C=O) groups excluding carboxylic acids is 2. The zero-order chi connectivity index (χ0) is 23.7. The predicted octanol–water partition coefficient (Wildman–Crippen LogP) is 2.82. The van der Waals surface area contributed by atoms with E-state index in [9.17, 15) is 14.7 Å². The molecule has 1 N–H and O–H groups in total. The first-order valence-corrected chi connectivity index (χ1v) is 12.3. The monoisotopic (exact) mass is 576 g/mol. The number of aliphatic hydroxyl groups is 1. The van der Waals surface area contributed by atoms with Gasteiger partial charge in [0.05, 0.1) is 24.8 Å². The number of halogens is 1. The van der Waals surface area contributed by atoms with Crippen molar-refractivity contribution >= 4 is 40.0 Å². The van der Waals surface area contributed by atoms with Crippen molar-refractivity contribution in [3.05, 3.63) is 62.7 Å². The lowest BCUT2D eigenvalue weighted by molar-refractivity contribution is -0.140. The van der Waals surface area contributed by atoms with Gasteiger partial charge < -0.3 is 24.2 Å². The molecular weight excluding hydrogens is 551 g/mol. The van der Waals surface area contributed by atoms with Crippen LogP contribution < -0.4 is 9.47 Å². The van der Waals surface area contributed by atoms with Crippen molar-refractivity contribution in [2.75, 3.05) is 52.6 Å². The number of nitrogens with zero attached hydrogens (tertiary/aromatic N) is 2. The van der Waals surface area contributed by atoms with Gasteiger partial charge in [0.15, 0.2) is 11.5 Å². The van der Waals surface area contributed by atoms with Gasteiger partial charge in [-0.25, -0.2) is 0 Å². The lowest BCUT2D eigenvalue weighted by Gasteiger charge is -2.31. The minimum atomic E-state index is -0.682. The third-order valence-electron chi connectivity index (χ3n) is 6.30. The van der Waals surface area contributed by atoms with Gasteiger partial charge in [0.2, 0.25) is 0 Å². The lowest BCUT2D eigenvalue weighted by atomic mass is 9.95. The molecule has 0 aliphatic carbocycles. The van der Waals surface area contributed by atoms with E-state index < -0.39 is 17.7 Å². The van der Waals surface area contributed by atoms with Crippen molar-refractivity contribution < 1.29 is 28.9 Å². The quantitative estimate of drug-likeness (QED) is 0.254. The summed E-state index contributed by atoms with van der Waals surface area (Å²) in [5.74, 6) is -0.410. The number of fused-ring (bicyclic) bond motifs is 1. The van der Waals surface area contributed by atoms with Crippen molar-refractivity contribution in [3.63, 3.8) is 0 Å². The number of hydrogen-bond acceptors (Lipinski definition) is 7. The van der Waals surface area contributed by atoms with E-state index in [0.29, 0.717) is 56.6 Å². The number of benzene rings is 2. The number of ether oxygens (including phenoxy) is 3. The van der Waals surface area contributed by atoms with E-state index in [1.807, 2.05) is 24.3 Å². The number of amides is 1. The van der Waals surface area contributed by atoms with Crippen LogP contribution in [0.15, 0.2) is 48.0 Å². The predicted molar refractivity (Wildman–Crippen MR) is 133 cm³/mol. The molecule has 2 aromatic rings. The van der Waals surface area contributed by atoms with Crippen LogP contribution in [0.3, 0.4) is 0 Å². The molecule has 2 aromatic carbocycles. The van der Waals surface area contributed by atoms with E-state index in [-0.39, 0.29) is 11.3 Å². The number of Topliss-reactive ketones (excluding diaryl/α,β-unsaturated/α-hetero) is 1. The molecule has 0 spiro atoms. The third-order valence-corrected chi connectivity index (χ3v) is 7.02. The first-order valence-electron chi connectivity index (χ1n) is 11.3. The fourth-order valence-electron chi connectivity index (χ4n) is 4.52. The van der Waals surface area contributed by atoms with Crippen LogP contribution in [-0.2, 0) is 14.3 Å². The Labute approximate surface area is 211 Å². The molecule has 0 bridgehead atoms. The summed E-state index contributed by atoms with van der Waals surface area (Å²) in [7, 11) is 0. The summed E-state index contributed by atoms with van der Waals surface area (Å²) >= 11 is 2.21. The standard InChI is InChI=1S/C25H25IN2O6/c26-18-4-1-16(2-5-18)22-21(23(29)17-3-6-19-20(15-17)34-14-13-33-19)24(30)25(31)28(22)8-7-27-9-11-32-12-10-27/h1-6,15,22,29H,7-14H2/b23-21+. The molecule has 5 rings (SSSR count). The molecule has 3 aliphatic rings. The van der Waals surface area contributed by atoms with E-state index in [4.69, 9.17) is 14.2 Å². The Balaban J connectivity index is 1.53. The first kappa shape index (κ1) is 23.1. The molecule has 3 heterocycles. The van der Waals surface area contributed by atoms with Crippen molar-refractivity contribution in [2.24, 2.45) is 0 Å². The summed E-state index contributed by atoms with van der Waals surface area (Å²) in [4.78, 5) is 30.2. The lowest BCUT2D eigenvalue weighted by Crippen LogP contribution is -2.42. The molecule has 2 saturated heterocycles. The average molecular weight is 576 g/mol. The minimum absolute atomic E-state index is 0.0878. The Morgan fingerprint density at radius 3 is 2.38 bits per heavy atom. The van der Waals surface area contributed by atoms with Gasteiger partial charge in [0.1, 0.15) is 19.0 Å². The third kappa shape index (κ3) is 4.51. The number of likely N-dealkylation sites (tertiary alicyclic amines) is 1. The van der Waals surface area contributed by atoms with Gasteiger partial charge in [0.25, 0.3) is 11.7 Å². The molecule has 2 fully saturated rings. The normalized spacial score (nSPS) is 22.3. The second kappa shape index (κ2) is 9.93. The van der Waals surface area contributed by atoms with Crippen LogP contribution in [0.4, 0.5) is 0 Å². The van der Waals surface area contributed by atoms with Gasteiger partial charge in [-0.2, -0.15) is 0 Å². The second-order valence-electron chi connectivity index (χ2n) is 8.36. The number of ketones is 1. The fourth-order valence-corrected chi connectivity index (χ4v) is 4.88. The molecule has 9 heteroatoms. The van der Waals surface area contributed by atoms with Gasteiger partial charge >= 0.3 is 0 Å². The molecule has 8 nitrogen and oxygen atoms in total. The maximum atomic E-state index is 13.2. The van der Waals surface area contributed by atoms with Crippen molar-refractivity contribution in [2.45, 2.75) is 6.04 Å². The SMILES string of the molecule is O=C1C(=O)N(CCN2CCOCC2)C(c2ccc(I)cc2)/C1=C(\O)c1ccc2c(c1)OCCO2. The van der Waals surface area contributed by atoms with Gasteiger partial charge in [-0.1, -0.05) is 12.1 Å². The topological polar surface area (TPSA) is 88.5 Å². The zero-order valence-corrected chi connectivity index (χ0v) is 20.7. The fraction of sp³-hybridized carbons (Fsp3) is 0.360. The molecule has 178 valence electrons. The molecule has 0 aromatic heterocycles. The average Bonchev–Trinajstić information content (AvgIpc) is 3.12. The van der Waals surface area contributed by atoms with Crippen LogP contribution in [0.25, 0.3) is 5.76 Å². The number of carbonyl (C=O) groups is 2. The van der Waals surface area contributed by atoms with Crippen LogP contribution in [0.1, 0.15) is 17.2 Å². The highest BCUT2D eigenvalue weighted by Gasteiger charge is 2.46. The van der Waals surface area contributed by atoms with Crippen LogP contribution in [-0.4, -0.2) is 79.2 Å². The Morgan fingerprint density at radius 2 is 1.65 bits per heavy atom. The molecule has 1 unspecified atom stereocenters. The van der Waals surface area contributed by atoms with Crippen LogP contribution in [0.2, 0.25) is 0 Å². The van der Waals surface area contributed by atoms with E-state index in [1.54, 1.807) is 23.1 Å². The summed E-state index contributed by atoms with van der Waals surface area (Å²) in [6.07, 6.45) is 0. The maximum absolute atomic E-state index is 13.2. The molecule has 3 aliphatic heterocycles. The van der Waals surface area contributed by atoms with Crippen molar-refractivity contribution in [3.8, 4) is 11.5 Å². The number of rotatable bonds is 5. The molecule has 0 saturated carbocycles. The van der Waals surface area contributed by atoms with Crippen molar-refractivity contribution in [1.82, 2.24) is 9.80 Å². The largest absolute Gasteiger partial charge is 0.507 e. The molecule has 1 amide bonds. The molecular formula is C25H25IN2O6. The number of morpholine rings is 1. The smallest absolute Gasteiger partial charge is 0.295 e. The Morgan fingerprint density at radius 1 is 0.941 bits per heavy atom. The van der Waals surface area contributed by atoms with E-state index >= 15 is 0 Å². The summed E-state index contributed by atoms with van der Waals surface area (Å²) < 4.78 is 17.7. The van der Waals surface area contributed by atoms with Gasteiger partial charge in [-0.15, -0.1) is 0 Å². The maximum Gasteiger partial charge on any atom is 0.295 e. The van der Waals surface area contributed by atoms with Gasteiger partial charge in [-0.05, 0) is 58.5 Å². The van der Waals surface area contributed by atoms with E-state index in [2.05, 4.69) is 27.5 Å². The van der Waals surface area contributed by atoms with E-state index in [1.165, 1.54) is 0 Å². The number of hydrogen-bond donors (Lipinski definition) is 1. The summed E-state index contributed by atoms with van der Waals surface area (Å²) in [6, 6.07) is 12.0. The van der Waals surface area contributed by atoms with Gasteiger partial charge in [-0.3, -0.25) is 14.5 Å². The Bertz CT molecular complexity index is 1130. The van der Waals surface area contributed by atoms with Crippen molar-refractivity contribution in [1.29, 1.82) is 0 Å². The summed E-state index contributed by atoms with van der Waals surface area (Å²) in [5.41, 5.74) is 1.27. The highest BCUT2D eigenvalue weighted by molar-refractivity contribution is 14.1. The minimum Gasteiger partial charge on any atom is -0.507 e. The second-order valence-corrected chi connectivity index (χ2v) is 9.60. The molecule has 1 atom stereocenters. The van der Waals surface area contributed by atoms with Crippen LogP contribution >= 0.6 is 22.6 Å². The van der Waals surface area contributed by atoms with Gasteiger partial charge in [0, 0.05) is 35.3 Å². The summed E-state index contributed by atoms with van der Waals surface area (Å²) in [6.45, 7) is 4.75. The Kier molecular flexibility index (Phi) is 6.75. The Hall–Kier alpha value is -2.63. The van der Waals surface area contributed by atoms with E-state index in [0.717, 1.165) is 22.2 Å².